The average Bonchev–Trinajstić information content (AvgIpc) is 3.24. The van der Waals surface area contributed by atoms with E-state index in [9.17, 15) is 12.8 Å². The van der Waals surface area contributed by atoms with Crippen molar-refractivity contribution in [1.82, 2.24) is 15.0 Å². The summed E-state index contributed by atoms with van der Waals surface area (Å²) in [6, 6.07) is 10.8. The number of hydrogen-bond acceptors (Lipinski definition) is 7. The highest BCUT2D eigenvalue weighted by Gasteiger charge is 2.23. The Kier molecular flexibility index (Phi) is 6.17. The molecule has 11 heteroatoms. The fraction of sp³-hybridized carbons (Fsp3) is 0.222. The number of aromatic nitrogens is 3. The van der Waals surface area contributed by atoms with Gasteiger partial charge in [0.15, 0.2) is 0 Å². The molecule has 3 rings (SSSR count). The maximum atomic E-state index is 12.7. The number of anilines is 1. The summed E-state index contributed by atoms with van der Waals surface area (Å²) in [4.78, 5) is 10.9. The Morgan fingerprint density at radius 3 is 2.34 bits per heavy atom. The lowest BCUT2D eigenvalue weighted by molar-refractivity contribution is 0.240. The molecule has 2 N–H and O–H groups in total. The van der Waals surface area contributed by atoms with Crippen molar-refractivity contribution < 1.29 is 27.0 Å². The van der Waals surface area contributed by atoms with Crippen LogP contribution < -0.4 is 18.9 Å². The molecule has 0 aliphatic heterocycles. The van der Waals surface area contributed by atoms with Crippen LogP contribution in [0.25, 0.3) is 11.3 Å². The van der Waals surface area contributed by atoms with E-state index in [1.807, 2.05) is 30.3 Å². The van der Waals surface area contributed by atoms with Crippen LogP contribution in [0.4, 0.5) is 10.3 Å². The second kappa shape index (κ2) is 8.78. The van der Waals surface area contributed by atoms with E-state index < -0.39 is 16.7 Å². The maximum absolute atomic E-state index is 12.7. The van der Waals surface area contributed by atoms with Crippen molar-refractivity contribution in [2.24, 2.45) is 0 Å². The molecule has 29 heavy (non-hydrogen) atoms. The first-order chi connectivity index (χ1) is 14.0. The maximum Gasteiger partial charge on any atom is 0.265 e. The molecule has 0 aliphatic carbocycles. The monoisotopic (exact) mass is 422 g/mol. The van der Waals surface area contributed by atoms with Gasteiger partial charge in [0.2, 0.25) is 11.7 Å². The lowest BCUT2D eigenvalue weighted by Gasteiger charge is -2.13. The third-order valence-corrected chi connectivity index (χ3v) is 5.10. The third kappa shape index (κ3) is 4.57. The Morgan fingerprint density at radius 2 is 1.76 bits per heavy atom. The SMILES string of the molecule is COc1nc(NS(=O)(=O)c2c[nH]c(-c3ccccc3)c2)nc(OC)c1OCCF. The van der Waals surface area contributed by atoms with Gasteiger partial charge in [-0.2, -0.15) is 9.97 Å². The van der Waals surface area contributed by atoms with Crippen LogP contribution >= 0.6 is 0 Å². The van der Waals surface area contributed by atoms with Gasteiger partial charge >= 0.3 is 0 Å². The molecule has 0 aliphatic rings. The van der Waals surface area contributed by atoms with Crippen molar-refractivity contribution in [3.8, 4) is 28.8 Å². The second-order valence-corrected chi connectivity index (χ2v) is 7.34. The Morgan fingerprint density at radius 1 is 1.10 bits per heavy atom. The van der Waals surface area contributed by atoms with E-state index >= 15 is 0 Å². The summed E-state index contributed by atoms with van der Waals surface area (Å²) in [6.45, 7) is -0.995. The number of hydrogen-bond donors (Lipinski definition) is 2. The van der Waals surface area contributed by atoms with Gasteiger partial charge in [0.25, 0.3) is 21.8 Å². The number of nitrogens with zero attached hydrogens (tertiary/aromatic N) is 2. The number of alkyl halides is 1. The molecule has 154 valence electrons. The summed E-state index contributed by atoms with van der Waals surface area (Å²) in [5.41, 5.74) is 1.47. The van der Waals surface area contributed by atoms with E-state index in [2.05, 4.69) is 19.7 Å². The summed E-state index contributed by atoms with van der Waals surface area (Å²) >= 11 is 0. The fourth-order valence-electron chi connectivity index (χ4n) is 2.49. The minimum absolute atomic E-state index is 0.00403. The molecular formula is C18H19FN4O5S. The Bertz CT molecular complexity index is 1050. The number of rotatable bonds is 9. The molecule has 0 bridgehead atoms. The minimum atomic E-state index is -4.00. The zero-order chi connectivity index (χ0) is 20.9. The van der Waals surface area contributed by atoms with Gasteiger partial charge in [-0.15, -0.1) is 0 Å². The first-order valence-electron chi connectivity index (χ1n) is 8.44. The van der Waals surface area contributed by atoms with Crippen molar-refractivity contribution in [3.63, 3.8) is 0 Å². The third-order valence-electron chi connectivity index (χ3n) is 3.79. The highest BCUT2D eigenvalue weighted by Crippen LogP contribution is 2.35. The van der Waals surface area contributed by atoms with Gasteiger partial charge in [0, 0.05) is 11.9 Å². The van der Waals surface area contributed by atoms with Crippen molar-refractivity contribution in [2.75, 3.05) is 32.2 Å². The first-order valence-corrected chi connectivity index (χ1v) is 9.92. The molecule has 2 aromatic heterocycles. The summed E-state index contributed by atoms with van der Waals surface area (Å²) in [5.74, 6) is -0.499. The minimum Gasteiger partial charge on any atom is -0.481 e. The van der Waals surface area contributed by atoms with Crippen LogP contribution in [0.1, 0.15) is 0 Å². The van der Waals surface area contributed by atoms with Gasteiger partial charge in [-0.1, -0.05) is 30.3 Å². The van der Waals surface area contributed by atoms with E-state index in [-0.39, 0.29) is 35.0 Å². The van der Waals surface area contributed by atoms with Crippen LogP contribution in [0.5, 0.6) is 17.5 Å². The molecule has 0 saturated carbocycles. The van der Waals surface area contributed by atoms with Crippen molar-refractivity contribution >= 4 is 16.0 Å². The molecule has 1 aromatic carbocycles. The summed E-state index contributed by atoms with van der Waals surface area (Å²) in [5, 5.41) is 0. The van der Waals surface area contributed by atoms with Crippen LogP contribution in [0, 0.1) is 0 Å². The largest absolute Gasteiger partial charge is 0.481 e. The topological polar surface area (TPSA) is 115 Å². The van der Waals surface area contributed by atoms with E-state index in [0.717, 1.165) is 5.56 Å². The highest BCUT2D eigenvalue weighted by atomic mass is 32.2. The van der Waals surface area contributed by atoms with Gasteiger partial charge in [0.05, 0.1) is 14.2 Å². The predicted molar refractivity (Wildman–Crippen MR) is 104 cm³/mol. The first kappa shape index (κ1) is 20.4. The molecule has 0 atom stereocenters. The van der Waals surface area contributed by atoms with Crippen LogP contribution in [-0.4, -0.2) is 50.9 Å². The van der Waals surface area contributed by atoms with Crippen molar-refractivity contribution in [3.05, 3.63) is 42.6 Å². The summed E-state index contributed by atoms with van der Waals surface area (Å²) in [6.07, 6.45) is 1.36. The van der Waals surface area contributed by atoms with Gasteiger partial charge in [-0.05, 0) is 11.6 Å². The highest BCUT2D eigenvalue weighted by molar-refractivity contribution is 7.92. The molecule has 0 spiro atoms. The number of H-pyrrole nitrogens is 1. The number of aromatic amines is 1. The molecule has 9 nitrogen and oxygen atoms in total. The number of ether oxygens (including phenoxy) is 3. The Labute approximate surface area is 166 Å². The van der Waals surface area contributed by atoms with Gasteiger partial charge in [0.1, 0.15) is 18.2 Å². The molecule has 0 saturated heterocycles. The van der Waals surface area contributed by atoms with Gasteiger partial charge in [-0.3, -0.25) is 0 Å². The molecule has 0 radical (unpaired) electrons. The zero-order valence-corrected chi connectivity index (χ0v) is 16.5. The Hall–Kier alpha value is -3.34. The fourth-order valence-corrected chi connectivity index (χ4v) is 3.43. The molecule has 0 amide bonds. The predicted octanol–water partition coefficient (Wildman–Crippen LogP) is 2.64. The van der Waals surface area contributed by atoms with E-state index in [4.69, 9.17) is 14.2 Å². The quantitative estimate of drug-likeness (QED) is 0.545. The van der Waals surface area contributed by atoms with Crippen LogP contribution in [0.2, 0.25) is 0 Å². The smallest absolute Gasteiger partial charge is 0.265 e. The molecule has 2 heterocycles. The zero-order valence-electron chi connectivity index (χ0n) is 15.7. The lowest BCUT2D eigenvalue weighted by atomic mass is 10.2. The van der Waals surface area contributed by atoms with E-state index in [1.54, 1.807) is 0 Å². The standard InChI is InChI=1S/C18H19FN4O5S/c1-26-16-15(28-9-8-19)17(27-2)22-18(21-16)23-29(24,25)13-10-14(20-11-13)12-6-4-3-5-7-12/h3-7,10-11,20H,8-9H2,1-2H3,(H,21,22,23). The molecular weight excluding hydrogens is 403 g/mol. The molecule has 3 aromatic rings. The second-order valence-electron chi connectivity index (χ2n) is 5.65. The number of methoxy groups -OCH3 is 2. The van der Waals surface area contributed by atoms with Crippen molar-refractivity contribution in [2.45, 2.75) is 4.90 Å². The van der Waals surface area contributed by atoms with Crippen LogP contribution in [0.3, 0.4) is 0 Å². The van der Waals surface area contributed by atoms with Gasteiger partial charge in [-0.25, -0.2) is 17.5 Å². The van der Waals surface area contributed by atoms with Crippen LogP contribution in [-0.2, 0) is 10.0 Å². The van der Waals surface area contributed by atoms with E-state index in [1.165, 1.54) is 26.5 Å². The Balaban J connectivity index is 1.89. The number of sulfonamides is 1. The number of benzene rings is 1. The lowest BCUT2D eigenvalue weighted by Crippen LogP contribution is -2.16. The molecule has 0 fully saturated rings. The average molecular weight is 422 g/mol. The normalized spacial score (nSPS) is 11.1. The summed E-state index contributed by atoms with van der Waals surface area (Å²) < 4.78 is 55.5. The molecule has 0 unspecified atom stereocenters. The number of halogens is 1. The summed E-state index contributed by atoms with van der Waals surface area (Å²) in [7, 11) is -1.39. The van der Waals surface area contributed by atoms with Crippen LogP contribution in [0.15, 0.2) is 47.5 Å². The van der Waals surface area contributed by atoms with Crippen molar-refractivity contribution in [1.29, 1.82) is 0 Å². The number of nitrogens with one attached hydrogen (secondary N) is 2. The van der Waals surface area contributed by atoms with Gasteiger partial charge < -0.3 is 19.2 Å². The van der Waals surface area contributed by atoms with E-state index in [0.29, 0.717) is 5.69 Å².